The maximum atomic E-state index is 15.6. The summed E-state index contributed by atoms with van der Waals surface area (Å²) in [5.74, 6) is 0. The standard InChI is InChI=1S/C35H34O3P2/c36-34(27-26-29-16-6-1-7-17-29)35(40(38,32-22-12-4-13-23-32)33-24-14-5-15-25-33)28-39(37,30-18-8-2-9-19-30)31-20-10-3-11-21-31/h1-25,34-36H,26-28H2/t34-,35-/m0/s1. The lowest BCUT2D eigenvalue weighted by molar-refractivity contribution is 0.164. The molecular weight excluding hydrogens is 530 g/mol. The molecule has 0 spiro atoms. The summed E-state index contributed by atoms with van der Waals surface area (Å²) >= 11 is 0. The first-order chi connectivity index (χ1) is 19.5. The number of aryl methyl sites for hydroxylation is 1. The van der Waals surface area contributed by atoms with E-state index in [1.165, 1.54) is 0 Å². The third-order valence-electron chi connectivity index (χ3n) is 7.55. The van der Waals surface area contributed by atoms with Crippen molar-refractivity contribution in [2.24, 2.45) is 0 Å². The summed E-state index contributed by atoms with van der Waals surface area (Å²) in [6, 6.07) is 47.8. The average Bonchev–Trinajstić information content (AvgIpc) is 3.04. The Labute approximate surface area is 237 Å². The number of hydrogen-bond donors (Lipinski definition) is 1. The van der Waals surface area contributed by atoms with Gasteiger partial charge in [-0.05, 0) is 18.4 Å². The zero-order valence-corrected chi connectivity index (χ0v) is 24.2. The van der Waals surface area contributed by atoms with Crippen LogP contribution in [0.4, 0.5) is 0 Å². The number of hydrogen-bond acceptors (Lipinski definition) is 3. The van der Waals surface area contributed by atoms with E-state index in [4.69, 9.17) is 0 Å². The molecule has 5 aromatic rings. The molecule has 0 fully saturated rings. The predicted octanol–water partition coefficient (Wildman–Crippen LogP) is 6.38. The molecule has 0 heterocycles. The fraction of sp³-hybridized carbons (Fsp3) is 0.143. The molecule has 40 heavy (non-hydrogen) atoms. The van der Waals surface area contributed by atoms with E-state index in [1.54, 1.807) is 0 Å². The Hall–Kier alpha value is -3.48. The van der Waals surface area contributed by atoms with Crippen LogP contribution in [0.15, 0.2) is 152 Å². The van der Waals surface area contributed by atoms with Crippen LogP contribution in [0.25, 0.3) is 0 Å². The molecule has 0 aromatic heterocycles. The minimum atomic E-state index is -3.47. The largest absolute Gasteiger partial charge is 0.392 e. The lowest BCUT2D eigenvalue weighted by Crippen LogP contribution is -2.39. The van der Waals surface area contributed by atoms with Crippen LogP contribution in [0, 0.1) is 0 Å². The molecule has 202 valence electrons. The van der Waals surface area contributed by atoms with Gasteiger partial charge < -0.3 is 14.2 Å². The van der Waals surface area contributed by atoms with E-state index >= 15 is 9.13 Å². The van der Waals surface area contributed by atoms with Crippen molar-refractivity contribution in [3.63, 3.8) is 0 Å². The summed E-state index contributed by atoms with van der Waals surface area (Å²) < 4.78 is 30.9. The van der Waals surface area contributed by atoms with Crippen molar-refractivity contribution in [2.45, 2.75) is 24.6 Å². The molecule has 0 saturated heterocycles. The topological polar surface area (TPSA) is 54.4 Å². The van der Waals surface area contributed by atoms with E-state index in [9.17, 15) is 5.11 Å². The molecule has 0 amide bonds. The molecule has 0 aliphatic heterocycles. The molecule has 2 atom stereocenters. The van der Waals surface area contributed by atoms with Gasteiger partial charge in [0.05, 0.1) is 11.8 Å². The molecule has 0 radical (unpaired) electrons. The van der Waals surface area contributed by atoms with Gasteiger partial charge >= 0.3 is 0 Å². The van der Waals surface area contributed by atoms with E-state index in [-0.39, 0.29) is 6.16 Å². The number of benzene rings is 5. The van der Waals surface area contributed by atoms with Crippen molar-refractivity contribution in [1.29, 1.82) is 0 Å². The van der Waals surface area contributed by atoms with E-state index in [1.807, 2.05) is 152 Å². The molecule has 5 aromatic carbocycles. The summed E-state index contributed by atoms with van der Waals surface area (Å²) in [5.41, 5.74) is 0.330. The smallest absolute Gasteiger partial charge is 0.149 e. The zero-order chi connectivity index (χ0) is 27.8. The number of aliphatic hydroxyl groups excluding tert-OH is 1. The quantitative estimate of drug-likeness (QED) is 0.190. The predicted molar refractivity (Wildman–Crippen MR) is 169 cm³/mol. The average molecular weight is 565 g/mol. The Bertz CT molecular complexity index is 1490. The minimum absolute atomic E-state index is 0.0814. The first-order valence-corrected chi connectivity index (χ1v) is 17.3. The highest BCUT2D eigenvalue weighted by molar-refractivity contribution is 7.82. The summed E-state index contributed by atoms with van der Waals surface area (Å²) in [6.07, 6.45) is 0.162. The lowest BCUT2D eigenvalue weighted by atomic mass is 10.1. The summed E-state index contributed by atoms with van der Waals surface area (Å²) in [4.78, 5) is 0. The van der Waals surface area contributed by atoms with Crippen LogP contribution in [0.5, 0.6) is 0 Å². The van der Waals surface area contributed by atoms with Crippen LogP contribution in [0.1, 0.15) is 12.0 Å². The third-order valence-corrected chi connectivity index (χ3v) is 14.6. The second-order valence-corrected chi connectivity index (χ2v) is 16.0. The van der Waals surface area contributed by atoms with Crippen molar-refractivity contribution >= 4 is 35.5 Å². The Morgan fingerprint density at radius 3 is 1.25 bits per heavy atom. The molecule has 5 rings (SSSR count). The maximum absolute atomic E-state index is 15.6. The van der Waals surface area contributed by atoms with Gasteiger partial charge in [0.15, 0.2) is 0 Å². The van der Waals surface area contributed by atoms with Crippen molar-refractivity contribution in [3.05, 3.63) is 157 Å². The molecular formula is C35H34O3P2. The Balaban J connectivity index is 1.67. The van der Waals surface area contributed by atoms with Crippen molar-refractivity contribution in [1.82, 2.24) is 0 Å². The fourth-order valence-corrected chi connectivity index (χ4v) is 12.8. The van der Waals surface area contributed by atoms with Crippen molar-refractivity contribution in [2.75, 3.05) is 6.16 Å². The third kappa shape index (κ3) is 5.98. The van der Waals surface area contributed by atoms with Crippen LogP contribution in [0.3, 0.4) is 0 Å². The highest BCUT2D eigenvalue weighted by Gasteiger charge is 2.45. The maximum Gasteiger partial charge on any atom is 0.149 e. The van der Waals surface area contributed by atoms with Crippen LogP contribution in [0.2, 0.25) is 0 Å². The fourth-order valence-electron chi connectivity index (χ4n) is 5.42. The van der Waals surface area contributed by atoms with Gasteiger partial charge in [0.1, 0.15) is 14.3 Å². The van der Waals surface area contributed by atoms with Crippen LogP contribution in [-0.4, -0.2) is 23.0 Å². The summed E-state index contributed by atoms with van der Waals surface area (Å²) in [6.45, 7) is 0. The Morgan fingerprint density at radius 2 is 0.850 bits per heavy atom. The summed E-state index contributed by atoms with van der Waals surface area (Å²) in [7, 11) is -6.77. The normalized spacial score (nSPS) is 13.4. The van der Waals surface area contributed by atoms with Gasteiger partial charge in [0, 0.05) is 27.4 Å². The van der Waals surface area contributed by atoms with Crippen LogP contribution in [-0.2, 0) is 15.6 Å². The van der Waals surface area contributed by atoms with Gasteiger partial charge in [-0.2, -0.15) is 0 Å². The second-order valence-electron chi connectivity index (χ2n) is 10.1. The van der Waals surface area contributed by atoms with Crippen LogP contribution >= 0.6 is 14.3 Å². The van der Waals surface area contributed by atoms with Gasteiger partial charge in [-0.25, -0.2) is 0 Å². The monoisotopic (exact) mass is 564 g/mol. The minimum Gasteiger partial charge on any atom is -0.392 e. The first-order valence-electron chi connectivity index (χ1n) is 13.6. The van der Waals surface area contributed by atoms with Crippen LogP contribution < -0.4 is 21.2 Å². The van der Waals surface area contributed by atoms with E-state index in [0.717, 1.165) is 5.56 Å². The highest BCUT2D eigenvalue weighted by atomic mass is 31.2. The lowest BCUT2D eigenvalue weighted by Gasteiger charge is -2.35. The molecule has 0 aliphatic rings. The van der Waals surface area contributed by atoms with E-state index in [0.29, 0.717) is 34.1 Å². The molecule has 0 unspecified atom stereocenters. The summed E-state index contributed by atoms with van der Waals surface area (Å²) in [5, 5.41) is 14.7. The molecule has 0 aliphatic carbocycles. The highest BCUT2D eigenvalue weighted by Crippen LogP contribution is 2.57. The second kappa shape index (κ2) is 12.8. The Kier molecular flexibility index (Phi) is 8.98. The van der Waals surface area contributed by atoms with Gasteiger partial charge in [0.2, 0.25) is 0 Å². The molecule has 1 N–H and O–H groups in total. The molecule has 0 saturated carbocycles. The molecule has 3 nitrogen and oxygen atoms in total. The van der Waals surface area contributed by atoms with Gasteiger partial charge in [-0.15, -0.1) is 0 Å². The molecule has 0 bridgehead atoms. The zero-order valence-electron chi connectivity index (χ0n) is 22.4. The van der Waals surface area contributed by atoms with E-state index in [2.05, 4.69) is 0 Å². The van der Waals surface area contributed by atoms with E-state index < -0.39 is 26.0 Å². The van der Waals surface area contributed by atoms with Gasteiger partial charge in [-0.1, -0.05) is 152 Å². The number of rotatable bonds is 11. The SMILES string of the molecule is O=P(C[C@@H]([C@@H](O)CCc1ccccc1)P(=O)(c1ccccc1)c1ccccc1)(c1ccccc1)c1ccccc1. The van der Waals surface area contributed by atoms with Gasteiger partial charge in [0.25, 0.3) is 0 Å². The first kappa shape index (κ1) is 28.1. The van der Waals surface area contributed by atoms with Crippen molar-refractivity contribution in [3.8, 4) is 0 Å². The van der Waals surface area contributed by atoms with Crippen molar-refractivity contribution < 1.29 is 14.2 Å². The van der Waals surface area contributed by atoms with Gasteiger partial charge in [-0.3, -0.25) is 0 Å². The Morgan fingerprint density at radius 1 is 0.500 bits per heavy atom. The molecule has 5 heteroatoms. The number of aliphatic hydroxyl groups is 1.